The molecule has 0 aliphatic heterocycles. The molecule has 0 radical (unpaired) electrons. The van der Waals surface area contributed by atoms with Crippen LogP contribution in [0.25, 0.3) is 0 Å². The van der Waals surface area contributed by atoms with Gasteiger partial charge < -0.3 is 5.43 Å². The van der Waals surface area contributed by atoms with Crippen LogP contribution < -0.4 is 11.3 Å². The van der Waals surface area contributed by atoms with Gasteiger partial charge in [0.1, 0.15) is 11.6 Å². The molecule has 0 amide bonds. The van der Waals surface area contributed by atoms with Crippen LogP contribution in [0.1, 0.15) is 24.0 Å². The molecule has 0 atom stereocenters. The fourth-order valence-electron chi connectivity index (χ4n) is 1.57. The number of nitrogens with zero attached hydrogens (tertiary/aromatic N) is 3. The van der Waals surface area contributed by atoms with Gasteiger partial charge in [-0.1, -0.05) is 6.92 Å². The number of rotatable bonds is 4. The predicted octanol–water partition coefficient (Wildman–Crippen LogP) is 1.31. The van der Waals surface area contributed by atoms with Gasteiger partial charge >= 0.3 is 0 Å². The summed E-state index contributed by atoms with van der Waals surface area (Å²) in [5, 5.41) is 0. The first-order chi connectivity index (χ1) is 8.31. The monoisotopic (exact) mass is 229 g/mol. The normalized spacial score (nSPS) is 10.2. The van der Waals surface area contributed by atoms with Crippen LogP contribution in [-0.4, -0.2) is 15.0 Å². The third-order valence-corrected chi connectivity index (χ3v) is 2.45. The summed E-state index contributed by atoms with van der Waals surface area (Å²) in [6, 6.07) is 5.77. The molecule has 0 aliphatic rings. The molecule has 0 spiro atoms. The zero-order valence-corrected chi connectivity index (χ0v) is 9.72. The summed E-state index contributed by atoms with van der Waals surface area (Å²) in [5.74, 6) is 6.81. The number of pyridine rings is 1. The number of hydrogen-bond acceptors (Lipinski definition) is 5. The molecule has 0 fully saturated rings. The molecule has 0 saturated heterocycles. The Morgan fingerprint density at radius 2 is 2.00 bits per heavy atom. The van der Waals surface area contributed by atoms with Gasteiger partial charge in [-0.15, -0.1) is 0 Å². The van der Waals surface area contributed by atoms with E-state index >= 15 is 0 Å². The molecule has 2 aromatic rings. The maximum atomic E-state index is 5.39. The van der Waals surface area contributed by atoms with Crippen molar-refractivity contribution >= 4 is 5.82 Å². The Kier molecular flexibility index (Phi) is 3.62. The van der Waals surface area contributed by atoms with Gasteiger partial charge in [0.15, 0.2) is 0 Å². The molecule has 5 heteroatoms. The number of nitrogens with one attached hydrogen (secondary N) is 1. The van der Waals surface area contributed by atoms with Gasteiger partial charge in [0.2, 0.25) is 0 Å². The predicted molar refractivity (Wildman–Crippen MR) is 66.3 cm³/mol. The zero-order valence-electron chi connectivity index (χ0n) is 9.72. The molecule has 2 aromatic heterocycles. The average Bonchev–Trinajstić information content (AvgIpc) is 2.39. The van der Waals surface area contributed by atoms with Gasteiger partial charge in [0.25, 0.3) is 0 Å². The van der Waals surface area contributed by atoms with Gasteiger partial charge in [0.05, 0.1) is 0 Å². The van der Waals surface area contributed by atoms with Gasteiger partial charge in [-0.25, -0.2) is 15.8 Å². The summed E-state index contributed by atoms with van der Waals surface area (Å²) >= 11 is 0. The summed E-state index contributed by atoms with van der Waals surface area (Å²) in [4.78, 5) is 12.8. The quantitative estimate of drug-likeness (QED) is 0.610. The van der Waals surface area contributed by atoms with Crippen molar-refractivity contribution in [2.24, 2.45) is 5.84 Å². The molecule has 0 unspecified atom stereocenters. The van der Waals surface area contributed by atoms with E-state index in [9.17, 15) is 0 Å². The lowest BCUT2D eigenvalue weighted by Gasteiger charge is -2.06. The summed E-state index contributed by atoms with van der Waals surface area (Å²) in [5.41, 5.74) is 4.68. The third kappa shape index (κ3) is 2.98. The number of hydrogen-bond donors (Lipinski definition) is 2. The van der Waals surface area contributed by atoms with E-state index in [1.165, 1.54) is 0 Å². The summed E-state index contributed by atoms with van der Waals surface area (Å²) in [6.07, 6.45) is 5.08. The van der Waals surface area contributed by atoms with Crippen LogP contribution in [0, 0.1) is 0 Å². The Morgan fingerprint density at radius 1 is 1.24 bits per heavy atom. The second-order valence-corrected chi connectivity index (χ2v) is 3.69. The maximum absolute atomic E-state index is 5.39. The van der Waals surface area contributed by atoms with Crippen LogP contribution in [0.2, 0.25) is 0 Å². The fraction of sp³-hybridized carbons (Fsp3) is 0.250. The first-order valence-electron chi connectivity index (χ1n) is 5.54. The van der Waals surface area contributed by atoms with E-state index in [-0.39, 0.29) is 0 Å². The highest BCUT2D eigenvalue weighted by atomic mass is 15.3. The third-order valence-electron chi connectivity index (χ3n) is 2.45. The van der Waals surface area contributed by atoms with E-state index in [2.05, 4.69) is 27.3 Å². The standard InChI is InChI=1S/C12H15N5/c1-2-10-8-12(17-13)16-11(15-10)7-9-3-5-14-6-4-9/h3-6,8H,2,7,13H2,1H3,(H,15,16,17). The summed E-state index contributed by atoms with van der Waals surface area (Å²) in [7, 11) is 0. The Hall–Kier alpha value is -2.01. The van der Waals surface area contributed by atoms with Gasteiger partial charge in [-0.05, 0) is 24.1 Å². The largest absolute Gasteiger partial charge is 0.308 e. The van der Waals surface area contributed by atoms with Crippen molar-refractivity contribution < 1.29 is 0 Å². The van der Waals surface area contributed by atoms with Crippen molar-refractivity contribution in [1.29, 1.82) is 0 Å². The van der Waals surface area contributed by atoms with Gasteiger partial charge in [0, 0.05) is 30.6 Å². The van der Waals surface area contributed by atoms with E-state index in [0.29, 0.717) is 12.2 Å². The topological polar surface area (TPSA) is 76.7 Å². The second kappa shape index (κ2) is 5.36. The Morgan fingerprint density at radius 3 is 2.65 bits per heavy atom. The highest BCUT2D eigenvalue weighted by molar-refractivity contribution is 5.35. The van der Waals surface area contributed by atoms with E-state index in [4.69, 9.17) is 5.84 Å². The first-order valence-corrected chi connectivity index (χ1v) is 5.54. The van der Waals surface area contributed by atoms with Crippen molar-refractivity contribution in [3.05, 3.63) is 47.7 Å². The lowest BCUT2D eigenvalue weighted by atomic mass is 10.2. The number of aromatic nitrogens is 3. The van der Waals surface area contributed by atoms with Crippen LogP contribution in [0.4, 0.5) is 5.82 Å². The Bertz CT molecular complexity index is 461. The number of hydrazine groups is 1. The van der Waals surface area contributed by atoms with Crippen LogP contribution in [0.5, 0.6) is 0 Å². The van der Waals surface area contributed by atoms with Crippen molar-refractivity contribution in [2.45, 2.75) is 19.8 Å². The molecule has 0 aliphatic carbocycles. The fourth-order valence-corrected chi connectivity index (χ4v) is 1.57. The van der Waals surface area contributed by atoms with E-state index < -0.39 is 0 Å². The highest BCUT2D eigenvalue weighted by Gasteiger charge is 2.04. The van der Waals surface area contributed by atoms with Crippen LogP contribution in [-0.2, 0) is 12.8 Å². The van der Waals surface area contributed by atoms with Crippen molar-refractivity contribution in [3.8, 4) is 0 Å². The minimum absolute atomic E-state index is 0.654. The van der Waals surface area contributed by atoms with E-state index in [0.717, 1.165) is 23.5 Å². The van der Waals surface area contributed by atoms with Crippen molar-refractivity contribution in [2.75, 3.05) is 5.43 Å². The Labute approximate surface area is 100 Å². The van der Waals surface area contributed by atoms with Crippen LogP contribution in [0.3, 0.4) is 0 Å². The van der Waals surface area contributed by atoms with Crippen molar-refractivity contribution in [1.82, 2.24) is 15.0 Å². The first kappa shape index (κ1) is 11.5. The van der Waals surface area contributed by atoms with E-state index in [1.54, 1.807) is 12.4 Å². The van der Waals surface area contributed by atoms with Crippen LogP contribution >= 0.6 is 0 Å². The summed E-state index contributed by atoms with van der Waals surface area (Å²) < 4.78 is 0. The number of nitrogens with two attached hydrogens (primary N) is 1. The minimum Gasteiger partial charge on any atom is -0.308 e. The SMILES string of the molecule is CCc1cc(NN)nc(Cc2ccncc2)n1. The zero-order chi connectivity index (χ0) is 12.1. The lowest BCUT2D eigenvalue weighted by molar-refractivity contribution is 0.904. The molecule has 0 saturated carbocycles. The van der Waals surface area contributed by atoms with Gasteiger partial charge in [-0.3, -0.25) is 4.98 Å². The minimum atomic E-state index is 0.654. The number of anilines is 1. The number of nitrogen functional groups attached to an aromatic ring is 1. The smallest absolute Gasteiger partial charge is 0.143 e. The average molecular weight is 229 g/mol. The molecule has 2 heterocycles. The molecule has 17 heavy (non-hydrogen) atoms. The van der Waals surface area contributed by atoms with E-state index in [1.807, 2.05) is 18.2 Å². The van der Waals surface area contributed by atoms with Gasteiger partial charge in [-0.2, -0.15) is 0 Å². The maximum Gasteiger partial charge on any atom is 0.143 e. The second-order valence-electron chi connectivity index (χ2n) is 3.69. The number of aryl methyl sites for hydroxylation is 1. The molecule has 5 nitrogen and oxygen atoms in total. The molecule has 88 valence electrons. The van der Waals surface area contributed by atoms with Crippen molar-refractivity contribution in [3.63, 3.8) is 0 Å². The van der Waals surface area contributed by atoms with Crippen LogP contribution in [0.15, 0.2) is 30.6 Å². The summed E-state index contributed by atoms with van der Waals surface area (Å²) in [6.45, 7) is 2.05. The molecule has 3 N–H and O–H groups in total. The molecular weight excluding hydrogens is 214 g/mol. The Balaban J connectivity index is 2.26. The highest BCUT2D eigenvalue weighted by Crippen LogP contribution is 2.10. The molecule has 0 aromatic carbocycles. The molecular formula is C12H15N5. The lowest BCUT2D eigenvalue weighted by Crippen LogP contribution is -2.11. The molecule has 2 rings (SSSR count). The molecule has 0 bridgehead atoms.